The lowest BCUT2D eigenvalue weighted by Crippen LogP contribution is -2.25. The number of nitrogens with two attached hydrogens (primary N) is 1. The number of benzene rings is 1. The highest BCUT2D eigenvalue weighted by atomic mass is 16.5. The Balaban J connectivity index is 1.77. The van der Waals surface area contributed by atoms with Crippen LogP contribution >= 0.6 is 0 Å². The molecule has 1 aliphatic carbocycles. The summed E-state index contributed by atoms with van der Waals surface area (Å²) >= 11 is 0. The molecule has 0 spiro atoms. The van der Waals surface area contributed by atoms with Gasteiger partial charge in [0.2, 0.25) is 0 Å². The molecule has 1 aromatic rings. The highest BCUT2D eigenvalue weighted by Crippen LogP contribution is 2.31. The minimum absolute atomic E-state index is 0.383. The fraction of sp³-hybridized carbons (Fsp3) is 0.533. The van der Waals surface area contributed by atoms with E-state index in [1.165, 1.54) is 6.42 Å². The van der Waals surface area contributed by atoms with Gasteiger partial charge in [-0.25, -0.2) is 4.79 Å². The molecule has 0 saturated heterocycles. The molecule has 4 heteroatoms. The van der Waals surface area contributed by atoms with Crippen molar-refractivity contribution in [2.45, 2.75) is 26.2 Å². The third kappa shape index (κ3) is 3.96. The number of hydrogen-bond donors (Lipinski definition) is 2. The van der Waals surface area contributed by atoms with E-state index in [9.17, 15) is 4.79 Å². The Morgan fingerprint density at radius 1 is 1.32 bits per heavy atom. The fourth-order valence-electron chi connectivity index (χ4n) is 2.62. The van der Waals surface area contributed by atoms with E-state index in [0.717, 1.165) is 24.1 Å². The van der Waals surface area contributed by atoms with Gasteiger partial charge in [0.1, 0.15) is 0 Å². The van der Waals surface area contributed by atoms with Crippen LogP contribution < -0.4 is 11.1 Å². The summed E-state index contributed by atoms with van der Waals surface area (Å²) in [6.45, 7) is 3.17. The van der Waals surface area contributed by atoms with Crippen LogP contribution in [0.15, 0.2) is 24.3 Å². The van der Waals surface area contributed by atoms with Crippen molar-refractivity contribution in [1.29, 1.82) is 0 Å². The second kappa shape index (κ2) is 6.57. The molecule has 2 unspecified atom stereocenters. The third-order valence-electron chi connectivity index (χ3n) is 3.85. The minimum atomic E-state index is -0.383. The van der Waals surface area contributed by atoms with Crippen LogP contribution in [0.5, 0.6) is 0 Å². The van der Waals surface area contributed by atoms with Crippen molar-refractivity contribution in [2.75, 3.05) is 18.5 Å². The Kier molecular flexibility index (Phi) is 4.80. The van der Waals surface area contributed by atoms with E-state index in [0.29, 0.717) is 25.0 Å². The van der Waals surface area contributed by atoms with E-state index in [1.807, 2.05) is 31.2 Å². The summed E-state index contributed by atoms with van der Waals surface area (Å²) in [5.74, 6) is 0.931. The van der Waals surface area contributed by atoms with Crippen LogP contribution in [-0.2, 0) is 4.74 Å². The first-order valence-electron chi connectivity index (χ1n) is 6.89. The van der Waals surface area contributed by atoms with Gasteiger partial charge in [0, 0.05) is 5.69 Å². The van der Waals surface area contributed by atoms with Crippen LogP contribution in [0.4, 0.5) is 10.5 Å². The number of anilines is 1. The third-order valence-corrected chi connectivity index (χ3v) is 3.85. The number of nitrogens with one attached hydrogen (secondary N) is 1. The topological polar surface area (TPSA) is 64.3 Å². The number of carbonyl (C=O) groups excluding carboxylic acids is 1. The maximum absolute atomic E-state index is 11.7. The van der Waals surface area contributed by atoms with Crippen LogP contribution in [-0.4, -0.2) is 19.2 Å². The van der Waals surface area contributed by atoms with Crippen LogP contribution in [0.25, 0.3) is 0 Å². The Labute approximate surface area is 114 Å². The average molecular weight is 262 g/mol. The molecule has 0 aromatic heterocycles. The Morgan fingerprint density at radius 2 is 2.00 bits per heavy atom. The van der Waals surface area contributed by atoms with Gasteiger partial charge in [-0.15, -0.1) is 0 Å². The molecule has 1 aromatic carbocycles. The molecule has 2 atom stereocenters. The van der Waals surface area contributed by atoms with Gasteiger partial charge in [0.25, 0.3) is 0 Å². The van der Waals surface area contributed by atoms with Crippen molar-refractivity contribution in [3.8, 4) is 0 Å². The number of aryl methyl sites for hydroxylation is 1. The zero-order chi connectivity index (χ0) is 13.7. The maximum atomic E-state index is 11.7. The van der Waals surface area contributed by atoms with E-state index in [2.05, 4.69) is 5.32 Å². The van der Waals surface area contributed by atoms with Gasteiger partial charge in [-0.2, -0.15) is 0 Å². The molecule has 2 rings (SSSR count). The van der Waals surface area contributed by atoms with Crippen molar-refractivity contribution >= 4 is 11.8 Å². The highest BCUT2D eigenvalue weighted by molar-refractivity contribution is 5.84. The van der Waals surface area contributed by atoms with Gasteiger partial charge in [0.15, 0.2) is 0 Å². The van der Waals surface area contributed by atoms with Crippen molar-refractivity contribution < 1.29 is 9.53 Å². The van der Waals surface area contributed by atoms with Gasteiger partial charge < -0.3 is 10.5 Å². The quantitative estimate of drug-likeness (QED) is 0.877. The molecule has 19 heavy (non-hydrogen) atoms. The average Bonchev–Trinajstić information content (AvgIpc) is 2.86. The monoisotopic (exact) mass is 262 g/mol. The van der Waals surface area contributed by atoms with E-state index >= 15 is 0 Å². The largest absolute Gasteiger partial charge is 0.449 e. The first-order valence-corrected chi connectivity index (χ1v) is 6.89. The second-order valence-electron chi connectivity index (χ2n) is 5.28. The molecule has 0 heterocycles. The van der Waals surface area contributed by atoms with E-state index < -0.39 is 0 Å². The molecule has 1 amide bonds. The zero-order valence-electron chi connectivity index (χ0n) is 11.4. The van der Waals surface area contributed by atoms with Crippen LogP contribution in [0.1, 0.15) is 24.8 Å². The van der Waals surface area contributed by atoms with Crippen LogP contribution in [0, 0.1) is 18.8 Å². The highest BCUT2D eigenvalue weighted by Gasteiger charge is 2.27. The number of hydrogen-bond acceptors (Lipinski definition) is 3. The summed E-state index contributed by atoms with van der Waals surface area (Å²) in [6, 6.07) is 7.65. The molecule has 3 N–H and O–H groups in total. The lowest BCUT2D eigenvalue weighted by atomic mass is 9.97. The Bertz CT molecular complexity index is 417. The molecule has 1 saturated carbocycles. The summed E-state index contributed by atoms with van der Waals surface area (Å²) < 4.78 is 5.29. The van der Waals surface area contributed by atoms with Gasteiger partial charge >= 0.3 is 6.09 Å². The van der Waals surface area contributed by atoms with E-state index in [1.54, 1.807) is 0 Å². The van der Waals surface area contributed by atoms with Crippen molar-refractivity contribution in [2.24, 2.45) is 17.6 Å². The predicted molar refractivity (Wildman–Crippen MR) is 76.0 cm³/mol. The van der Waals surface area contributed by atoms with Gasteiger partial charge in [-0.3, -0.25) is 5.32 Å². The van der Waals surface area contributed by atoms with Gasteiger partial charge in [-0.05, 0) is 50.3 Å². The number of ether oxygens (including phenoxy) is 1. The summed E-state index contributed by atoms with van der Waals surface area (Å²) in [5.41, 5.74) is 7.64. The standard InChI is InChI=1S/C15H22N2O2/c1-11-5-7-14(8-6-11)17-15(18)19-10-13-4-2-3-12(13)9-16/h5-8,12-13H,2-4,9-10,16H2,1H3,(H,17,18). The molecule has 0 bridgehead atoms. The minimum Gasteiger partial charge on any atom is -0.449 e. The number of carbonyl (C=O) groups is 1. The van der Waals surface area contributed by atoms with Crippen molar-refractivity contribution in [3.05, 3.63) is 29.8 Å². The molecule has 0 radical (unpaired) electrons. The molecule has 0 aliphatic heterocycles. The number of amides is 1. The predicted octanol–water partition coefficient (Wildman–Crippen LogP) is 2.92. The van der Waals surface area contributed by atoms with Gasteiger partial charge in [-0.1, -0.05) is 24.1 Å². The lowest BCUT2D eigenvalue weighted by Gasteiger charge is -2.17. The second-order valence-corrected chi connectivity index (χ2v) is 5.28. The fourth-order valence-corrected chi connectivity index (χ4v) is 2.62. The van der Waals surface area contributed by atoms with Crippen molar-refractivity contribution in [3.63, 3.8) is 0 Å². The van der Waals surface area contributed by atoms with Gasteiger partial charge in [0.05, 0.1) is 6.61 Å². The lowest BCUT2D eigenvalue weighted by molar-refractivity contribution is 0.130. The molecule has 4 nitrogen and oxygen atoms in total. The summed E-state index contributed by atoms with van der Waals surface area (Å²) in [7, 11) is 0. The Hall–Kier alpha value is -1.55. The molecular weight excluding hydrogens is 240 g/mol. The van der Waals surface area contributed by atoms with E-state index in [4.69, 9.17) is 10.5 Å². The summed E-state index contributed by atoms with van der Waals surface area (Å²) in [6.07, 6.45) is 3.07. The molecular formula is C15H22N2O2. The molecule has 104 valence electrons. The van der Waals surface area contributed by atoms with Crippen LogP contribution in [0.3, 0.4) is 0 Å². The van der Waals surface area contributed by atoms with Crippen LogP contribution in [0.2, 0.25) is 0 Å². The molecule has 1 fully saturated rings. The maximum Gasteiger partial charge on any atom is 0.411 e. The Morgan fingerprint density at radius 3 is 2.68 bits per heavy atom. The smallest absolute Gasteiger partial charge is 0.411 e. The summed E-state index contributed by atoms with van der Waals surface area (Å²) in [4.78, 5) is 11.7. The number of rotatable bonds is 4. The zero-order valence-corrected chi connectivity index (χ0v) is 11.4. The first-order chi connectivity index (χ1) is 9.19. The normalized spacial score (nSPS) is 22.2. The van der Waals surface area contributed by atoms with E-state index in [-0.39, 0.29) is 6.09 Å². The summed E-state index contributed by atoms with van der Waals surface area (Å²) in [5, 5.41) is 2.73. The first kappa shape index (κ1) is 13.9. The van der Waals surface area contributed by atoms with Crippen molar-refractivity contribution in [1.82, 2.24) is 0 Å². The SMILES string of the molecule is Cc1ccc(NC(=O)OCC2CCCC2CN)cc1. The molecule has 1 aliphatic rings.